The summed E-state index contributed by atoms with van der Waals surface area (Å²) < 4.78 is 1.57. The summed E-state index contributed by atoms with van der Waals surface area (Å²) in [5.74, 6) is -0.587. The summed E-state index contributed by atoms with van der Waals surface area (Å²) in [4.78, 5) is 28.5. The standard InChI is InChI=1S/C12H16N2O4/c1-8(15)7-18-13-11(16)10-3-2-6-14(12(10)17)9-4-5-9/h2-3,6,8-9,15H,4-5,7H2,1H3,(H,13,16). The van der Waals surface area contributed by atoms with Crippen molar-refractivity contribution in [2.45, 2.75) is 31.9 Å². The summed E-state index contributed by atoms with van der Waals surface area (Å²) in [7, 11) is 0. The number of nitrogens with one attached hydrogen (secondary N) is 1. The molecule has 1 saturated carbocycles. The van der Waals surface area contributed by atoms with Gasteiger partial charge in [0.15, 0.2) is 0 Å². The van der Waals surface area contributed by atoms with E-state index in [4.69, 9.17) is 9.94 Å². The highest BCUT2D eigenvalue weighted by molar-refractivity contribution is 5.93. The first-order valence-corrected chi connectivity index (χ1v) is 5.91. The largest absolute Gasteiger partial charge is 0.391 e. The first kappa shape index (κ1) is 12.8. The predicted molar refractivity (Wildman–Crippen MR) is 64.1 cm³/mol. The summed E-state index contributed by atoms with van der Waals surface area (Å²) in [6.45, 7) is 1.52. The molecule has 2 N–H and O–H groups in total. The lowest BCUT2D eigenvalue weighted by Crippen LogP contribution is -2.33. The van der Waals surface area contributed by atoms with Crippen LogP contribution in [0.25, 0.3) is 0 Å². The SMILES string of the molecule is CC(O)CONC(=O)c1cccn(C2CC2)c1=O. The van der Waals surface area contributed by atoms with Gasteiger partial charge in [-0.1, -0.05) is 0 Å². The van der Waals surface area contributed by atoms with Gasteiger partial charge in [0.1, 0.15) is 12.2 Å². The number of hydrogen-bond donors (Lipinski definition) is 2. The number of amides is 1. The molecular formula is C12H16N2O4. The summed E-state index contributed by atoms with van der Waals surface area (Å²) in [6.07, 6.45) is 2.96. The second-order valence-electron chi connectivity index (χ2n) is 4.46. The van der Waals surface area contributed by atoms with Gasteiger partial charge in [-0.2, -0.15) is 0 Å². The van der Waals surface area contributed by atoms with E-state index in [1.807, 2.05) is 0 Å². The Morgan fingerprint density at radius 1 is 1.67 bits per heavy atom. The summed E-state index contributed by atoms with van der Waals surface area (Å²) >= 11 is 0. The topological polar surface area (TPSA) is 80.6 Å². The van der Waals surface area contributed by atoms with E-state index >= 15 is 0 Å². The van der Waals surface area contributed by atoms with Gasteiger partial charge in [-0.3, -0.25) is 14.4 Å². The first-order chi connectivity index (χ1) is 8.59. The van der Waals surface area contributed by atoms with Gasteiger partial charge in [0, 0.05) is 12.2 Å². The van der Waals surface area contributed by atoms with Crippen LogP contribution in [-0.4, -0.2) is 28.3 Å². The van der Waals surface area contributed by atoms with Crippen LogP contribution in [0.3, 0.4) is 0 Å². The first-order valence-electron chi connectivity index (χ1n) is 5.91. The van der Waals surface area contributed by atoms with Crippen molar-refractivity contribution < 1.29 is 14.7 Å². The number of aliphatic hydroxyl groups excluding tert-OH is 1. The average molecular weight is 252 g/mol. The van der Waals surface area contributed by atoms with E-state index in [-0.39, 0.29) is 23.8 Å². The molecule has 1 fully saturated rings. The third-order valence-corrected chi connectivity index (χ3v) is 2.65. The molecule has 98 valence electrons. The molecule has 6 nitrogen and oxygen atoms in total. The highest BCUT2D eigenvalue weighted by atomic mass is 16.7. The molecular weight excluding hydrogens is 236 g/mol. The Morgan fingerprint density at radius 3 is 3.00 bits per heavy atom. The van der Waals surface area contributed by atoms with Crippen molar-refractivity contribution in [2.75, 3.05) is 6.61 Å². The molecule has 1 aromatic rings. The van der Waals surface area contributed by atoms with Crippen molar-refractivity contribution in [1.82, 2.24) is 10.0 Å². The minimum absolute atomic E-state index is 0.0185. The van der Waals surface area contributed by atoms with Gasteiger partial charge in [-0.15, -0.1) is 0 Å². The number of nitrogens with zero attached hydrogens (tertiary/aromatic N) is 1. The normalized spacial score (nSPS) is 16.3. The van der Waals surface area contributed by atoms with Crippen molar-refractivity contribution in [3.8, 4) is 0 Å². The lowest BCUT2D eigenvalue weighted by atomic mass is 10.2. The van der Waals surface area contributed by atoms with Gasteiger partial charge >= 0.3 is 0 Å². The quantitative estimate of drug-likeness (QED) is 0.735. The predicted octanol–water partition coefficient (Wildman–Crippen LogP) is 0.225. The fourth-order valence-corrected chi connectivity index (χ4v) is 1.61. The van der Waals surface area contributed by atoms with Crippen LogP contribution in [0.2, 0.25) is 0 Å². The third kappa shape index (κ3) is 2.96. The molecule has 1 heterocycles. The monoisotopic (exact) mass is 252 g/mol. The maximum absolute atomic E-state index is 12.0. The Labute approximate surface area is 104 Å². The van der Waals surface area contributed by atoms with Crippen LogP contribution in [0.5, 0.6) is 0 Å². The molecule has 2 rings (SSSR count). The minimum atomic E-state index is -0.677. The van der Waals surface area contributed by atoms with Gasteiger partial charge in [0.2, 0.25) is 0 Å². The molecule has 1 aliphatic carbocycles. The van der Waals surface area contributed by atoms with Crippen LogP contribution >= 0.6 is 0 Å². The van der Waals surface area contributed by atoms with Crippen LogP contribution in [0.4, 0.5) is 0 Å². The molecule has 0 aromatic carbocycles. The number of aromatic nitrogens is 1. The Bertz CT molecular complexity index is 491. The smallest absolute Gasteiger partial charge is 0.280 e. The molecule has 1 aromatic heterocycles. The number of aliphatic hydroxyl groups is 1. The van der Waals surface area contributed by atoms with Crippen LogP contribution in [0.15, 0.2) is 23.1 Å². The molecule has 0 bridgehead atoms. The van der Waals surface area contributed by atoms with Crippen LogP contribution in [-0.2, 0) is 4.84 Å². The van der Waals surface area contributed by atoms with Gasteiger partial charge in [0.25, 0.3) is 11.5 Å². The Balaban J connectivity index is 2.06. The molecule has 1 unspecified atom stereocenters. The van der Waals surface area contributed by atoms with Crippen LogP contribution in [0.1, 0.15) is 36.2 Å². The summed E-state index contributed by atoms with van der Waals surface area (Å²) in [6, 6.07) is 3.36. The molecule has 1 aliphatic rings. The fourth-order valence-electron chi connectivity index (χ4n) is 1.61. The zero-order valence-electron chi connectivity index (χ0n) is 10.1. The zero-order valence-corrected chi connectivity index (χ0v) is 10.1. The zero-order chi connectivity index (χ0) is 13.1. The van der Waals surface area contributed by atoms with Crippen LogP contribution < -0.4 is 11.0 Å². The van der Waals surface area contributed by atoms with Gasteiger partial charge in [-0.25, -0.2) is 5.48 Å². The van der Waals surface area contributed by atoms with Gasteiger partial charge in [0.05, 0.1) is 6.10 Å². The molecule has 0 aliphatic heterocycles. The highest BCUT2D eigenvalue weighted by Crippen LogP contribution is 2.33. The maximum Gasteiger partial charge on any atom is 0.280 e. The number of hydrogen-bond acceptors (Lipinski definition) is 4. The van der Waals surface area contributed by atoms with Crippen molar-refractivity contribution in [3.63, 3.8) is 0 Å². The number of hydroxylamine groups is 1. The molecule has 6 heteroatoms. The average Bonchev–Trinajstić information content (AvgIpc) is 3.12. The highest BCUT2D eigenvalue weighted by Gasteiger charge is 2.25. The Kier molecular flexibility index (Phi) is 3.78. The molecule has 0 spiro atoms. The van der Waals surface area contributed by atoms with E-state index in [2.05, 4.69) is 5.48 Å². The molecule has 1 amide bonds. The minimum Gasteiger partial charge on any atom is -0.391 e. The van der Waals surface area contributed by atoms with Gasteiger partial charge in [-0.05, 0) is 31.9 Å². The number of carbonyl (C=O) groups is 1. The lowest BCUT2D eigenvalue weighted by Gasteiger charge is -2.08. The van der Waals surface area contributed by atoms with E-state index in [0.717, 1.165) is 12.8 Å². The van der Waals surface area contributed by atoms with E-state index in [0.29, 0.717) is 0 Å². The maximum atomic E-state index is 12.0. The van der Waals surface area contributed by atoms with E-state index in [9.17, 15) is 9.59 Å². The van der Waals surface area contributed by atoms with Crippen LogP contribution in [0, 0.1) is 0 Å². The number of rotatable bonds is 5. The molecule has 0 saturated heterocycles. The number of pyridine rings is 1. The Hall–Kier alpha value is -1.66. The lowest BCUT2D eigenvalue weighted by molar-refractivity contribution is -0.00697. The van der Waals surface area contributed by atoms with E-state index < -0.39 is 12.0 Å². The molecule has 0 radical (unpaired) electrons. The van der Waals surface area contributed by atoms with Gasteiger partial charge < -0.3 is 9.67 Å². The van der Waals surface area contributed by atoms with Crippen molar-refractivity contribution in [2.24, 2.45) is 0 Å². The third-order valence-electron chi connectivity index (χ3n) is 2.65. The van der Waals surface area contributed by atoms with Crippen molar-refractivity contribution in [1.29, 1.82) is 0 Å². The van der Waals surface area contributed by atoms with E-state index in [1.54, 1.807) is 16.8 Å². The Morgan fingerprint density at radius 2 is 2.39 bits per heavy atom. The summed E-state index contributed by atoms with van der Waals surface area (Å²) in [5.41, 5.74) is 1.89. The second-order valence-corrected chi connectivity index (χ2v) is 4.46. The van der Waals surface area contributed by atoms with E-state index in [1.165, 1.54) is 13.0 Å². The summed E-state index contributed by atoms with van der Waals surface area (Å²) in [5, 5.41) is 8.97. The molecule has 18 heavy (non-hydrogen) atoms. The molecule has 1 atom stereocenters. The number of carbonyl (C=O) groups excluding carboxylic acids is 1. The second kappa shape index (κ2) is 5.32. The fraction of sp³-hybridized carbons (Fsp3) is 0.500. The van der Waals surface area contributed by atoms with Crippen molar-refractivity contribution >= 4 is 5.91 Å². The van der Waals surface area contributed by atoms with Crippen molar-refractivity contribution in [3.05, 3.63) is 34.2 Å².